The first kappa shape index (κ1) is 39.2. The maximum Gasteiger partial charge on any atom is 0.270 e. The van der Waals surface area contributed by atoms with Gasteiger partial charge in [-0.3, -0.25) is 9.59 Å². The number of benzene rings is 4. The Labute approximate surface area is 352 Å². The molecule has 1 aliphatic heterocycles. The number of carbonyl (C=O) groups excluding carboxylic acids is 2. The predicted octanol–water partition coefficient (Wildman–Crippen LogP) is 11.1. The van der Waals surface area contributed by atoms with Crippen LogP contribution >= 0.6 is 34.0 Å². The summed E-state index contributed by atoms with van der Waals surface area (Å²) in [5.41, 5.74) is 3.60. The summed E-state index contributed by atoms with van der Waals surface area (Å²) in [6, 6.07) is 38.5. The van der Waals surface area contributed by atoms with Crippen LogP contribution in [0.5, 0.6) is 34.5 Å². The summed E-state index contributed by atoms with van der Waals surface area (Å²) in [6.07, 6.45) is 0. The summed E-state index contributed by atoms with van der Waals surface area (Å²) in [5.74, 6) is 2.61. The Bertz CT molecular complexity index is 2280. The lowest BCUT2D eigenvalue weighted by Crippen LogP contribution is -2.19. The third kappa shape index (κ3) is 8.34. The van der Waals surface area contributed by atoms with Crippen LogP contribution in [-0.2, 0) is 0 Å². The van der Waals surface area contributed by atoms with E-state index in [-0.39, 0.29) is 34.5 Å². The monoisotopic (exact) mass is 846 g/mol. The fourth-order valence-corrected chi connectivity index (χ4v) is 9.22. The van der Waals surface area contributed by atoms with E-state index in [0.717, 1.165) is 67.1 Å². The number of fused-ring (bicyclic) bond motifs is 1. The standard InChI is InChI=1S/C44H38N4O8S3/c1-51-31-13-5-27(6-14-31)47(28-7-15-32(52-2)16-8-28)37-23-21-35(57-37)45-43(49)41-39-40(56-26-25-55-39)42(59-41)44(50)46-36-22-24-38(58-36)48(29-9-17-33(53-3)18-10-29)30-11-19-34(54-4)20-12-30/h5-24H,25-26H2,1-4H3,(H,45,49)(H,46,50). The lowest BCUT2D eigenvalue weighted by atomic mass is 10.2. The minimum atomic E-state index is -0.419. The molecule has 0 aliphatic carbocycles. The van der Waals surface area contributed by atoms with Crippen molar-refractivity contribution in [1.29, 1.82) is 0 Å². The minimum absolute atomic E-state index is 0.235. The smallest absolute Gasteiger partial charge is 0.270 e. The van der Waals surface area contributed by atoms with Crippen molar-refractivity contribution in [2.24, 2.45) is 0 Å². The molecular formula is C44H38N4O8S3. The number of methoxy groups -OCH3 is 4. The van der Waals surface area contributed by atoms with Gasteiger partial charge in [-0.1, -0.05) is 0 Å². The van der Waals surface area contributed by atoms with Gasteiger partial charge in [0.05, 0.1) is 38.4 Å². The molecule has 2 N–H and O–H groups in total. The maximum absolute atomic E-state index is 13.9. The summed E-state index contributed by atoms with van der Waals surface area (Å²) in [6.45, 7) is 0.488. The number of nitrogens with zero attached hydrogens (tertiary/aromatic N) is 2. The Kier molecular flexibility index (Phi) is 11.6. The molecule has 0 atom stereocenters. The van der Waals surface area contributed by atoms with Gasteiger partial charge in [0.25, 0.3) is 11.8 Å². The topological polar surface area (TPSA) is 120 Å². The zero-order valence-electron chi connectivity index (χ0n) is 32.3. The SMILES string of the molecule is COc1ccc(N(c2ccc(OC)cc2)c2ccc(NC(=O)c3sc(C(=O)Nc4ccc(N(c5ccc(OC)cc5)c5ccc(OC)cc5)s4)c4c3OCCO4)s2)cc1. The summed E-state index contributed by atoms with van der Waals surface area (Å²) in [5, 5.41) is 8.97. The summed E-state index contributed by atoms with van der Waals surface area (Å²) in [4.78, 5) is 32.5. The van der Waals surface area contributed by atoms with E-state index in [1.54, 1.807) is 28.4 Å². The number of nitrogens with one attached hydrogen (secondary N) is 2. The fraction of sp³-hybridized carbons (Fsp3) is 0.136. The molecule has 1 aliphatic rings. The molecule has 300 valence electrons. The molecule has 8 rings (SSSR count). The van der Waals surface area contributed by atoms with E-state index in [1.807, 2.05) is 121 Å². The van der Waals surface area contributed by atoms with Gasteiger partial charge in [0.15, 0.2) is 11.5 Å². The van der Waals surface area contributed by atoms with Gasteiger partial charge in [0.2, 0.25) is 0 Å². The molecule has 4 aromatic carbocycles. The van der Waals surface area contributed by atoms with Crippen molar-refractivity contribution >= 4 is 88.6 Å². The molecule has 2 amide bonds. The van der Waals surface area contributed by atoms with Crippen LogP contribution in [0.25, 0.3) is 0 Å². The Morgan fingerprint density at radius 1 is 0.458 bits per heavy atom. The van der Waals surface area contributed by atoms with Crippen molar-refractivity contribution in [2.75, 3.05) is 62.1 Å². The first-order chi connectivity index (χ1) is 28.8. The molecule has 0 spiro atoms. The molecule has 0 unspecified atom stereocenters. The molecule has 7 aromatic rings. The molecule has 0 saturated carbocycles. The van der Waals surface area contributed by atoms with E-state index < -0.39 is 11.8 Å². The Balaban J connectivity index is 1.03. The van der Waals surface area contributed by atoms with Gasteiger partial charge in [-0.25, -0.2) is 0 Å². The van der Waals surface area contributed by atoms with Crippen LogP contribution in [0.4, 0.5) is 42.8 Å². The highest BCUT2D eigenvalue weighted by Crippen LogP contribution is 2.47. The summed E-state index contributed by atoms with van der Waals surface area (Å²) >= 11 is 3.83. The number of ether oxygens (including phenoxy) is 6. The molecule has 15 heteroatoms. The molecule has 0 fully saturated rings. The van der Waals surface area contributed by atoms with Crippen LogP contribution < -0.4 is 48.9 Å². The quantitative estimate of drug-likeness (QED) is 0.109. The number of amides is 2. The van der Waals surface area contributed by atoms with Gasteiger partial charge < -0.3 is 48.9 Å². The molecule has 12 nitrogen and oxygen atoms in total. The van der Waals surface area contributed by atoms with Gasteiger partial charge in [0.1, 0.15) is 56.0 Å². The van der Waals surface area contributed by atoms with Gasteiger partial charge in [-0.05, 0) is 121 Å². The number of rotatable bonds is 14. The van der Waals surface area contributed by atoms with E-state index >= 15 is 0 Å². The lowest BCUT2D eigenvalue weighted by Gasteiger charge is -2.24. The molecule has 59 heavy (non-hydrogen) atoms. The van der Waals surface area contributed by atoms with E-state index in [0.29, 0.717) is 10.0 Å². The van der Waals surface area contributed by atoms with Gasteiger partial charge in [-0.15, -0.1) is 34.0 Å². The van der Waals surface area contributed by atoms with Crippen LogP contribution in [0.15, 0.2) is 121 Å². The zero-order valence-corrected chi connectivity index (χ0v) is 34.8. The normalized spacial score (nSPS) is 11.7. The minimum Gasteiger partial charge on any atom is -0.497 e. The first-order valence-corrected chi connectivity index (χ1v) is 20.7. The van der Waals surface area contributed by atoms with Crippen LogP contribution in [0, 0.1) is 0 Å². The van der Waals surface area contributed by atoms with Crippen molar-refractivity contribution < 1.29 is 38.0 Å². The lowest BCUT2D eigenvalue weighted by molar-refractivity contribution is 0.100. The van der Waals surface area contributed by atoms with Crippen LogP contribution in [0.2, 0.25) is 0 Å². The van der Waals surface area contributed by atoms with Gasteiger partial charge >= 0.3 is 0 Å². The van der Waals surface area contributed by atoms with Crippen molar-refractivity contribution in [3.05, 3.63) is 131 Å². The van der Waals surface area contributed by atoms with Gasteiger partial charge in [-0.2, -0.15) is 0 Å². The summed E-state index contributed by atoms with van der Waals surface area (Å²) < 4.78 is 33.5. The largest absolute Gasteiger partial charge is 0.497 e. The fourth-order valence-electron chi connectivity index (χ4n) is 6.35. The Morgan fingerprint density at radius 3 is 1.05 bits per heavy atom. The second kappa shape index (κ2) is 17.4. The molecular weight excluding hydrogens is 809 g/mol. The molecule has 0 bridgehead atoms. The average molecular weight is 847 g/mol. The molecule has 0 radical (unpaired) electrons. The van der Waals surface area contributed by atoms with Crippen molar-refractivity contribution in [1.82, 2.24) is 0 Å². The highest BCUT2D eigenvalue weighted by Gasteiger charge is 2.32. The second-order valence-electron chi connectivity index (χ2n) is 12.8. The number of anilines is 8. The van der Waals surface area contributed by atoms with E-state index in [4.69, 9.17) is 28.4 Å². The number of carbonyl (C=O) groups is 2. The van der Waals surface area contributed by atoms with Crippen molar-refractivity contribution in [3.63, 3.8) is 0 Å². The van der Waals surface area contributed by atoms with E-state index in [9.17, 15) is 9.59 Å². The van der Waals surface area contributed by atoms with E-state index in [1.165, 1.54) is 22.7 Å². The first-order valence-electron chi connectivity index (χ1n) is 18.3. The van der Waals surface area contributed by atoms with E-state index in [2.05, 4.69) is 20.4 Å². The number of hydrogen-bond donors (Lipinski definition) is 2. The molecule has 4 heterocycles. The van der Waals surface area contributed by atoms with Crippen LogP contribution in [-0.4, -0.2) is 53.5 Å². The third-order valence-corrected chi connectivity index (χ3v) is 12.4. The van der Waals surface area contributed by atoms with Gasteiger partial charge in [0, 0.05) is 22.7 Å². The highest BCUT2D eigenvalue weighted by molar-refractivity contribution is 7.21. The zero-order chi connectivity index (χ0) is 40.9. The maximum atomic E-state index is 13.9. The van der Waals surface area contributed by atoms with Crippen molar-refractivity contribution in [2.45, 2.75) is 0 Å². The predicted molar refractivity (Wildman–Crippen MR) is 235 cm³/mol. The average Bonchev–Trinajstić information content (AvgIpc) is 4.04. The molecule has 0 saturated heterocycles. The number of thiophene rings is 3. The highest BCUT2D eigenvalue weighted by atomic mass is 32.1. The Hall–Kier alpha value is -6.68. The third-order valence-electron chi connectivity index (χ3n) is 9.23. The van der Waals surface area contributed by atoms with Crippen molar-refractivity contribution in [3.8, 4) is 34.5 Å². The Morgan fingerprint density at radius 2 is 0.763 bits per heavy atom. The summed E-state index contributed by atoms with van der Waals surface area (Å²) in [7, 11) is 6.52. The second-order valence-corrected chi connectivity index (χ2v) is 15.9. The van der Waals surface area contributed by atoms with Crippen LogP contribution in [0.3, 0.4) is 0 Å². The molecule has 3 aromatic heterocycles. The number of hydrogen-bond acceptors (Lipinski definition) is 13. The van der Waals surface area contributed by atoms with Crippen LogP contribution in [0.1, 0.15) is 19.3 Å².